The van der Waals surface area contributed by atoms with Crippen LogP contribution in [-0.2, 0) is 6.42 Å². The molecule has 6 aromatic rings. The predicted molar refractivity (Wildman–Crippen MR) is 177 cm³/mol. The molecule has 0 atom stereocenters. The van der Waals surface area contributed by atoms with Crippen LogP contribution in [-0.4, -0.2) is 51.0 Å². The second kappa shape index (κ2) is 12.2. The van der Waals surface area contributed by atoms with E-state index in [0.717, 1.165) is 57.0 Å². The first-order chi connectivity index (χ1) is 21.9. The lowest BCUT2D eigenvalue weighted by atomic mass is 9.95. The molecule has 2 aromatic heterocycles. The number of carbonyl (C=O) groups excluding carboxylic acids is 2. The SMILES string of the molecule is COc1cc(OC)c2c(-c3ccc(Cl)cc3)c(Cc3[nH]c4c(C=O)c(OC)cc(OC)c4c3-c3ccc(Cl)cc3)[nH]c2c1C=O. The van der Waals surface area contributed by atoms with Gasteiger partial charge < -0.3 is 28.9 Å². The van der Waals surface area contributed by atoms with Crippen LogP contribution in [0.5, 0.6) is 23.0 Å². The lowest BCUT2D eigenvalue weighted by Crippen LogP contribution is -1.95. The zero-order valence-corrected chi connectivity index (χ0v) is 26.4. The van der Waals surface area contributed by atoms with E-state index in [0.29, 0.717) is 61.6 Å². The first-order valence-electron chi connectivity index (χ1n) is 13.9. The van der Waals surface area contributed by atoms with Gasteiger partial charge in [-0.1, -0.05) is 47.5 Å². The molecule has 228 valence electrons. The quantitative estimate of drug-likeness (QED) is 0.145. The van der Waals surface area contributed by atoms with Gasteiger partial charge in [-0.25, -0.2) is 0 Å². The standard InChI is InChI=1S/C35H28Cl2N2O6/c1-42-26-14-28(44-3)32-30(18-5-9-20(36)10-6-18)24(38-34(32)22(26)16-40)13-25-31(19-7-11-21(37)12-8-19)33-29(45-4)15-27(43-2)23(17-41)35(33)39-25/h5-12,14-17,38-39H,13H2,1-4H3. The Labute approximate surface area is 268 Å². The Balaban J connectivity index is 1.71. The Bertz CT molecular complexity index is 1930. The fraction of sp³-hybridized carbons (Fsp3) is 0.143. The van der Waals surface area contributed by atoms with Crippen molar-refractivity contribution in [2.24, 2.45) is 0 Å². The fourth-order valence-electron chi connectivity index (χ4n) is 5.99. The van der Waals surface area contributed by atoms with Crippen LogP contribution in [0.2, 0.25) is 10.0 Å². The van der Waals surface area contributed by atoms with Crippen LogP contribution in [0.25, 0.3) is 44.1 Å². The Hall–Kier alpha value is -4.92. The van der Waals surface area contributed by atoms with Crippen molar-refractivity contribution in [3.05, 3.63) is 93.2 Å². The van der Waals surface area contributed by atoms with Crippen molar-refractivity contribution in [3.63, 3.8) is 0 Å². The van der Waals surface area contributed by atoms with Crippen LogP contribution in [0.1, 0.15) is 32.1 Å². The molecule has 10 heteroatoms. The van der Waals surface area contributed by atoms with E-state index in [-0.39, 0.29) is 0 Å². The summed E-state index contributed by atoms with van der Waals surface area (Å²) in [5.74, 6) is 1.82. The van der Waals surface area contributed by atoms with Gasteiger partial charge in [0.2, 0.25) is 0 Å². The molecule has 0 aliphatic heterocycles. The summed E-state index contributed by atoms with van der Waals surface area (Å²) in [5, 5.41) is 2.61. The van der Waals surface area contributed by atoms with E-state index < -0.39 is 0 Å². The van der Waals surface area contributed by atoms with E-state index in [1.54, 1.807) is 26.4 Å². The number of aromatic amines is 2. The molecule has 45 heavy (non-hydrogen) atoms. The molecule has 2 heterocycles. The number of nitrogens with one attached hydrogen (secondary N) is 2. The number of hydrogen-bond donors (Lipinski definition) is 2. The fourth-order valence-corrected chi connectivity index (χ4v) is 6.24. The number of H-pyrrole nitrogens is 2. The molecular weight excluding hydrogens is 615 g/mol. The van der Waals surface area contributed by atoms with Crippen molar-refractivity contribution in [2.45, 2.75) is 6.42 Å². The van der Waals surface area contributed by atoms with Crippen LogP contribution >= 0.6 is 23.2 Å². The number of rotatable bonds is 10. The minimum Gasteiger partial charge on any atom is -0.496 e. The number of ether oxygens (including phenoxy) is 4. The van der Waals surface area contributed by atoms with Crippen molar-refractivity contribution in [1.82, 2.24) is 9.97 Å². The van der Waals surface area contributed by atoms with Gasteiger partial charge in [0, 0.05) is 51.1 Å². The summed E-state index contributed by atoms with van der Waals surface area (Å²) in [5.41, 5.74) is 6.78. The van der Waals surface area contributed by atoms with Gasteiger partial charge in [0.1, 0.15) is 23.0 Å². The highest BCUT2D eigenvalue weighted by molar-refractivity contribution is 6.31. The van der Waals surface area contributed by atoms with Crippen molar-refractivity contribution < 1.29 is 28.5 Å². The van der Waals surface area contributed by atoms with Crippen LogP contribution in [0.3, 0.4) is 0 Å². The maximum absolute atomic E-state index is 12.4. The van der Waals surface area contributed by atoms with Gasteiger partial charge in [-0.05, 0) is 35.4 Å². The average molecular weight is 644 g/mol. The number of methoxy groups -OCH3 is 4. The summed E-state index contributed by atoms with van der Waals surface area (Å²) < 4.78 is 22.8. The molecule has 0 fully saturated rings. The predicted octanol–water partition coefficient (Wildman–Crippen LogP) is 8.54. The Morgan fingerprint density at radius 2 is 0.933 bits per heavy atom. The molecule has 2 N–H and O–H groups in total. The average Bonchev–Trinajstić information content (AvgIpc) is 3.62. The summed E-state index contributed by atoms with van der Waals surface area (Å²) in [7, 11) is 6.16. The van der Waals surface area contributed by atoms with E-state index in [2.05, 4.69) is 9.97 Å². The van der Waals surface area contributed by atoms with Crippen LogP contribution in [0, 0.1) is 0 Å². The highest BCUT2D eigenvalue weighted by atomic mass is 35.5. The van der Waals surface area contributed by atoms with Gasteiger partial charge >= 0.3 is 0 Å². The zero-order chi connectivity index (χ0) is 31.8. The molecule has 0 spiro atoms. The normalized spacial score (nSPS) is 11.2. The number of benzene rings is 4. The van der Waals surface area contributed by atoms with Gasteiger partial charge in [0.05, 0.1) is 61.4 Å². The number of aldehydes is 2. The molecule has 0 unspecified atom stereocenters. The maximum atomic E-state index is 12.4. The Kier molecular flexibility index (Phi) is 8.18. The van der Waals surface area contributed by atoms with E-state index in [9.17, 15) is 9.59 Å². The van der Waals surface area contributed by atoms with Crippen LogP contribution < -0.4 is 18.9 Å². The molecular formula is C35H28Cl2N2O6. The second-order valence-corrected chi connectivity index (χ2v) is 11.1. The van der Waals surface area contributed by atoms with Crippen LogP contribution in [0.4, 0.5) is 0 Å². The summed E-state index contributed by atoms with van der Waals surface area (Å²) in [4.78, 5) is 31.9. The van der Waals surface area contributed by atoms with Crippen molar-refractivity contribution >= 4 is 57.6 Å². The van der Waals surface area contributed by atoms with Crippen molar-refractivity contribution in [3.8, 4) is 45.3 Å². The molecule has 6 rings (SSSR count). The molecule has 0 amide bonds. The minimum atomic E-state index is 0.326. The third kappa shape index (κ3) is 5.06. The molecule has 8 nitrogen and oxygen atoms in total. The van der Waals surface area contributed by atoms with Crippen molar-refractivity contribution in [1.29, 1.82) is 0 Å². The summed E-state index contributed by atoms with van der Waals surface area (Å²) >= 11 is 12.5. The monoisotopic (exact) mass is 642 g/mol. The summed E-state index contributed by atoms with van der Waals surface area (Å²) in [6.07, 6.45) is 1.86. The molecule has 0 bridgehead atoms. The van der Waals surface area contributed by atoms with Gasteiger partial charge in [0.15, 0.2) is 12.6 Å². The number of hydrogen-bond acceptors (Lipinski definition) is 6. The molecule has 0 aliphatic carbocycles. The first kappa shape index (κ1) is 30.1. The van der Waals surface area contributed by atoms with Gasteiger partial charge in [-0.2, -0.15) is 0 Å². The third-order valence-electron chi connectivity index (χ3n) is 7.98. The number of aromatic nitrogens is 2. The van der Waals surface area contributed by atoms with Crippen molar-refractivity contribution in [2.75, 3.05) is 28.4 Å². The number of halogens is 2. The Morgan fingerprint density at radius 3 is 1.24 bits per heavy atom. The van der Waals surface area contributed by atoms with E-state index in [1.165, 1.54) is 14.2 Å². The molecule has 0 saturated heterocycles. The van der Waals surface area contributed by atoms with Gasteiger partial charge in [-0.3, -0.25) is 9.59 Å². The van der Waals surface area contributed by atoms with E-state index in [4.69, 9.17) is 42.1 Å². The maximum Gasteiger partial charge on any atom is 0.155 e. The van der Waals surface area contributed by atoms with E-state index in [1.807, 2.05) is 48.5 Å². The lowest BCUT2D eigenvalue weighted by molar-refractivity contribution is 0.111. The zero-order valence-electron chi connectivity index (χ0n) is 24.8. The smallest absolute Gasteiger partial charge is 0.155 e. The summed E-state index contributed by atoms with van der Waals surface area (Å²) in [6.45, 7) is 0. The molecule has 0 aliphatic rings. The van der Waals surface area contributed by atoms with Gasteiger partial charge in [0.25, 0.3) is 0 Å². The topological polar surface area (TPSA) is 103 Å². The molecule has 0 saturated carbocycles. The molecule has 0 radical (unpaired) electrons. The van der Waals surface area contributed by atoms with Crippen LogP contribution in [0.15, 0.2) is 60.7 Å². The third-order valence-corrected chi connectivity index (χ3v) is 8.48. The van der Waals surface area contributed by atoms with E-state index >= 15 is 0 Å². The first-order valence-corrected chi connectivity index (χ1v) is 14.6. The number of fused-ring (bicyclic) bond motifs is 2. The second-order valence-electron chi connectivity index (χ2n) is 10.3. The van der Waals surface area contributed by atoms with Gasteiger partial charge in [-0.15, -0.1) is 0 Å². The number of carbonyl (C=O) groups is 2. The largest absolute Gasteiger partial charge is 0.496 e. The minimum absolute atomic E-state index is 0.326. The summed E-state index contributed by atoms with van der Waals surface area (Å²) in [6, 6.07) is 18.3. The Morgan fingerprint density at radius 1 is 0.578 bits per heavy atom. The molecule has 4 aromatic carbocycles. The highest BCUT2D eigenvalue weighted by Gasteiger charge is 2.27. The lowest BCUT2D eigenvalue weighted by Gasteiger charge is -2.12. The highest BCUT2D eigenvalue weighted by Crippen LogP contribution is 2.47.